The number of aliphatic hydroxyl groups is 1. The summed E-state index contributed by atoms with van der Waals surface area (Å²) in [5.41, 5.74) is 1.59. The first-order chi connectivity index (χ1) is 12.5. The monoisotopic (exact) mass is 419 g/mol. The summed E-state index contributed by atoms with van der Waals surface area (Å²) in [7, 11) is 0. The second-order valence-electron chi connectivity index (χ2n) is 5.86. The van der Waals surface area contributed by atoms with Gasteiger partial charge in [-0.3, -0.25) is 4.79 Å². The molecule has 2 N–H and O–H groups in total. The van der Waals surface area contributed by atoms with Gasteiger partial charge in [-0.25, -0.2) is 13.8 Å². The van der Waals surface area contributed by atoms with Gasteiger partial charge in [-0.1, -0.05) is 6.07 Å². The van der Waals surface area contributed by atoms with Crippen LogP contribution >= 0.6 is 15.9 Å². The number of hydrogen-bond donors (Lipinski definition) is 2. The third-order valence-electron chi connectivity index (χ3n) is 4.23. The number of aryl methyl sites for hydroxylation is 1. The molecule has 4 rings (SSSR count). The molecule has 0 fully saturated rings. The highest BCUT2D eigenvalue weighted by Crippen LogP contribution is 2.33. The number of imidazole rings is 1. The Balaban J connectivity index is 1.77. The summed E-state index contributed by atoms with van der Waals surface area (Å²) in [5.74, 6) is -2.51. The number of rotatable bonds is 2. The number of halogens is 3. The molecular formula is C18H12BrF2N3O2. The molecule has 0 saturated heterocycles. The molecule has 2 heterocycles. The van der Waals surface area contributed by atoms with E-state index in [4.69, 9.17) is 0 Å². The molecule has 0 unspecified atom stereocenters. The molecule has 0 bridgehead atoms. The minimum absolute atomic E-state index is 0.00873. The first kappa shape index (κ1) is 16.7. The molecule has 26 heavy (non-hydrogen) atoms. The Morgan fingerprint density at radius 1 is 1.27 bits per heavy atom. The number of fused-ring (bicyclic) bond motifs is 3. The average molecular weight is 420 g/mol. The molecule has 1 aliphatic rings. The van der Waals surface area contributed by atoms with Crippen molar-refractivity contribution in [1.82, 2.24) is 9.38 Å². The number of aliphatic hydroxyl groups excluding tert-OH is 1. The molecule has 1 aromatic carbocycles. The van der Waals surface area contributed by atoms with E-state index < -0.39 is 17.5 Å². The maximum absolute atomic E-state index is 14.0. The molecular weight excluding hydrogens is 408 g/mol. The van der Waals surface area contributed by atoms with Crippen LogP contribution in [0.15, 0.2) is 46.8 Å². The van der Waals surface area contributed by atoms with Gasteiger partial charge in [0.1, 0.15) is 28.5 Å². The fourth-order valence-electron chi connectivity index (χ4n) is 3.06. The summed E-state index contributed by atoms with van der Waals surface area (Å²) < 4.78 is 29.2. The highest BCUT2D eigenvalue weighted by atomic mass is 79.9. The van der Waals surface area contributed by atoms with Crippen LogP contribution in [-0.4, -0.2) is 20.4 Å². The van der Waals surface area contributed by atoms with Gasteiger partial charge < -0.3 is 14.8 Å². The van der Waals surface area contributed by atoms with Gasteiger partial charge in [0.05, 0.1) is 11.4 Å². The SMILES string of the molecule is O=C(Nc1c(F)cc(F)cc1Br)C1=C(O)CCc2c1nc1ccccn21. The van der Waals surface area contributed by atoms with Gasteiger partial charge in [0.25, 0.3) is 5.91 Å². The largest absolute Gasteiger partial charge is 0.511 e. The van der Waals surface area contributed by atoms with Gasteiger partial charge in [0.15, 0.2) is 5.82 Å². The molecule has 1 aliphatic carbocycles. The molecule has 132 valence electrons. The lowest BCUT2D eigenvalue weighted by Gasteiger charge is -2.17. The summed E-state index contributed by atoms with van der Waals surface area (Å²) in [6.07, 6.45) is 2.62. The smallest absolute Gasteiger partial charge is 0.261 e. The van der Waals surface area contributed by atoms with Crippen molar-refractivity contribution in [2.24, 2.45) is 0 Å². The van der Waals surface area contributed by atoms with Crippen molar-refractivity contribution in [3.8, 4) is 0 Å². The van der Waals surface area contributed by atoms with E-state index in [-0.39, 0.29) is 27.9 Å². The van der Waals surface area contributed by atoms with Gasteiger partial charge in [-0.2, -0.15) is 0 Å². The number of carbonyl (C=O) groups excluding carboxylic acids is 1. The number of allylic oxidation sites excluding steroid dienone is 1. The number of carbonyl (C=O) groups is 1. The van der Waals surface area contributed by atoms with Crippen molar-refractivity contribution in [2.75, 3.05) is 5.32 Å². The van der Waals surface area contributed by atoms with Crippen molar-refractivity contribution in [3.05, 3.63) is 69.8 Å². The predicted molar refractivity (Wildman–Crippen MR) is 95.7 cm³/mol. The van der Waals surface area contributed by atoms with Crippen molar-refractivity contribution in [1.29, 1.82) is 0 Å². The molecule has 5 nitrogen and oxygen atoms in total. The van der Waals surface area contributed by atoms with Crippen LogP contribution in [-0.2, 0) is 11.2 Å². The third-order valence-corrected chi connectivity index (χ3v) is 4.85. The number of benzene rings is 1. The molecule has 3 aromatic rings. The van der Waals surface area contributed by atoms with E-state index in [1.165, 1.54) is 0 Å². The maximum atomic E-state index is 14.0. The first-order valence-corrected chi connectivity index (χ1v) is 8.59. The number of pyridine rings is 1. The zero-order chi connectivity index (χ0) is 18.4. The van der Waals surface area contributed by atoms with Crippen LogP contribution in [0.25, 0.3) is 11.2 Å². The van der Waals surface area contributed by atoms with Crippen LogP contribution in [0, 0.1) is 11.6 Å². The fourth-order valence-corrected chi connectivity index (χ4v) is 3.57. The molecule has 0 spiro atoms. The molecule has 0 aliphatic heterocycles. The van der Waals surface area contributed by atoms with E-state index in [9.17, 15) is 18.7 Å². The highest BCUT2D eigenvalue weighted by Gasteiger charge is 2.29. The maximum Gasteiger partial charge on any atom is 0.261 e. The number of nitrogens with zero attached hydrogens (tertiary/aromatic N) is 2. The zero-order valence-corrected chi connectivity index (χ0v) is 14.8. The lowest BCUT2D eigenvalue weighted by atomic mass is 9.97. The van der Waals surface area contributed by atoms with Crippen LogP contribution < -0.4 is 5.32 Å². The Kier molecular flexibility index (Phi) is 3.99. The second kappa shape index (κ2) is 6.21. The van der Waals surface area contributed by atoms with Crippen LogP contribution in [0.5, 0.6) is 0 Å². The van der Waals surface area contributed by atoms with E-state index in [2.05, 4.69) is 26.2 Å². The van der Waals surface area contributed by atoms with E-state index in [0.29, 0.717) is 23.8 Å². The molecule has 1 amide bonds. The Morgan fingerprint density at radius 3 is 2.85 bits per heavy atom. The molecule has 0 saturated carbocycles. The molecule has 0 radical (unpaired) electrons. The molecule has 0 atom stereocenters. The lowest BCUT2D eigenvalue weighted by Crippen LogP contribution is -2.20. The van der Waals surface area contributed by atoms with Crippen molar-refractivity contribution in [2.45, 2.75) is 12.8 Å². The minimum Gasteiger partial charge on any atom is -0.511 e. The molecule has 8 heteroatoms. The van der Waals surface area contributed by atoms with E-state index in [1.807, 2.05) is 22.7 Å². The van der Waals surface area contributed by atoms with Gasteiger partial charge in [0.2, 0.25) is 0 Å². The van der Waals surface area contributed by atoms with Crippen molar-refractivity contribution in [3.63, 3.8) is 0 Å². The summed E-state index contributed by atoms with van der Waals surface area (Å²) in [4.78, 5) is 17.2. The van der Waals surface area contributed by atoms with Gasteiger partial charge in [0, 0.05) is 23.2 Å². The average Bonchev–Trinajstić information content (AvgIpc) is 2.96. The number of hydrogen-bond acceptors (Lipinski definition) is 3. The predicted octanol–water partition coefficient (Wildman–Crippen LogP) is 4.23. The number of anilines is 1. The van der Waals surface area contributed by atoms with Crippen LogP contribution in [0.3, 0.4) is 0 Å². The van der Waals surface area contributed by atoms with Gasteiger partial charge in [-0.15, -0.1) is 0 Å². The van der Waals surface area contributed by atoms with Crippen LogP contribution in [0.4, 0.5) is 14.5 Å². The van der Waals surface area contributed by atoms with Gasteiger partial charge >= 0.3 is 0 Å². The topological polar surface area (TPSA) is 66.6 Å². The lowest BCUT2D eigenvalue weighted by molar-refractivity contribution is -0.111. The fraction of sp³-hybridized carbons (Fsp3) is 0.111. The highest BCUT2D eigenvalue weighted by molar-refractivity contribution is 9.10. The number of nitrogens with one attached hydrogen (secondary N) is 1. The minimum atomic E-state index is -0.920. The Bertz CT molecular complexity index is 1070. The normalized spacial score (nSPS) is 13.8. The van der Waals surface area contributed by atoms with E-state index in [0.717, 1.165) is 11.8 Å². The summed E-state index contributed by atoms with van der Waals surface area (Å²) in [5, 5.41) is 12.7. The summed E-state index contributed by atoms with van der Waals surface area (Å²) in [6.45, 7) is 0. The standard InChI is InChI=1S/C18H12BrF2N3O2/c19-10-7-9(20)8-11(21)16(10)23-18(26)15-13(25)5-4-12-17(15)22-14-3-1-2-6-24(12)14/h1-3,6-8,25H,4-5H2,(H,23,26). The first-order valence-electron chi connectivity index (χ1n) is 7.80. The van der Waals surface area contributed by atoms with E-state index in [1.54, 1.807) is 6.07 Å². The van der Waals surface area contributed by atoms with Crippen molar-refractivity contribution < 1.29 is 18.7 Å². The Morgan fingerprint density at radius 2 is 2.08 bits per heavy atom. The zero-order valence-electron chi connectivity index (χ0n) is 13.3. The van der Waals surface area contributed by atoms with Crippen molar-refractivity contribution >= 4 is 38.7 Å². The van der Waals surface area contributed by atoms with Crippen LogP contribution in [0.1, 0.15) is 17.8 Å². The van der Waals surface area contributed by atoms with Crippen LogP contribution in [0.2, 0.25) is 0 Å². The number of aromatic nitrogens is 2. The molecule has 2 aromatic heterocycles. The third kappa shape index (κ3) is 2.66. The quantitative estimate of drug-likeness (QED) is 0.652. The van der Waals surface area contributed by atoms with Gasteiger partial charge in [-0.05, 0) is 40.5 Å². The number of amides is 1. The summed E-state index contributed by atoms with van der Waals surface area (Å²) in [6, 6.07) is 7.18. The Hall–Kier alpha value is -2.74. The summed E-state index contributed by atoms with van der Waals surface area (Å²) >= 11 is 3.03. The Labute approximate surface area is 155 Å². The van der Waals surface area contributed by atoms with E-state index >= 15 is 0 Å². The second-order valence-corrected chi connectivity index (χ2v) is 6.71.